The van der Waals surface area contributed by atoms with Crippen LogP contribution in [0.15, 0.2) is 42.6 Å². The van der Waals surface area contributed by atoms with Crippen molar-refractivity contribution in [3.63, 3.8) is 0 Å². The lowest BCUT2D eigenvalue weighted by Crippen LogP contribution is -2.40. The summed E-state index contributed by atoms with van der Waals surface area (Å²) in [6, 6.07) is 12.4. The number of aromatic nitrogens is 1. The Hall–Kier alpha value is -2.36. The van der Waals surface area contributed by atoms with Crippen LogP contribution in [-0.4, -0.2) is 42.0 Å². The smallest absolute Gasteiger partial charge is 0.254 e. The van der Waals surface area contributed by atoms with E-state index in [1.807, 2.05) is 17.0 Å². The molecule has 1 aromatic carbocycles. The number of pyridine rings is 1. The normalized spacial score (nSPS) is 20.3. The highest BCUT2D eigenvalue weighted by Crippen LogP contribution is 2.30. The molecule has 0 radical (unpaired) electrons. The zero-order valence-corrected chi connectivity index (χ0v) is 14.8. The molecule has 2 aliphatic heterocycles. The zero-order chi connectivity index (χ0) is 17.2. The molecule has 2 aliphatic rings. The third-order valence-corrected chi connectivity index (χ3v) is 5.51. The molecular formula is C21H25N3O. The van der Waals surface area contributed by atoms with Crippen LogP contribution in [0.4, 0.5) is 5.82 Å². The second-order valence-electron chi connectivity index (χ2n) is 7.19. The van der Waals surface area contributed by atoms with Crippen LogP contribution in [0.3, 0.4) is 0 Å². The van der Waals surface area contributed by atoms with Crippen LogP contribution >= 0.6 is 0 Å². The van der Waals surface area contributed by atoms with Crippen molar-refractivity contribution in [3.8, 4) is 0 Å². The van der Waals surface area contributed by atoms with Gasteiger partial charge in [-0.3, -0.25) is 4.79 Å². The van der Waals surface area contributed by atoms with Crippen LogP contribution in [0.2, 0.25) is 0 Å². The molecule has 3 heterocycles. The molecule has 0 N–H and O–H groups in total. The summed E-state index contributed by atoms with van der Waals surface area (Å²) in [5.74, 6) is 1.52. The Morgan fingerprint density at radius 3 is 2.72 bits per heavy atom. The average Bonchev–Trinajstić information content (AvgIpc) is 2.60. The molecule has 0 aliphatic carbocycles. The van der Waals surface area contributed by atoms with Gasteiger partial charge in [-0.15, -0.1) is 0 Å². The second-order valence-corrected chi connectivity index (χ2v) is 7.19. The monoisotopic (exact) mass is 335 g/mol. The minimum Gasteiger partial charge on any atom is -0.356 e. The molecule has 1 aromatic heterocycles. The third kappa shape index (κ3) is 3.26. The van der Waals surface area contributed by atoms with Gasteiger partial charge in [-0.1, -0.05) is 24.3 Å². The Bertz CT molecular complexity index is 769. The van der Waals surface area contributed by atoms with Gasteiger partial charge < -0.3 is 9.80 Å². The molecule has 0 unspecified atom stereocenters. The van der Waals surface area contributed by atoms with Crippen molar-refractivity contribution in [2.75, 3.05) is 31.1 Å². The highest BCUT2D eigenvalue weighted by molar-refractivity contribution is 5.95. The molecule has 0 spiro atoms. The number of likely N-dealkylation sites (tertiary alicyclic amines) is 1. The topological polar surface area (TPSA) is 36.4 Å². The van der Waals surface area contributed by atoms with Crippen molar-refractivity contribution in [1.82, 2.24) is 9.88 Å². The lowest BCUT2D eigenvalue weighted by molar-refractivity contribution is 0.0707. The fourth-order valence-corrected chi connectivity index (χ4v) is 3.91. The van der Waals surface area contributed by atoms with Crippen molar-refractivity contribution in [2.24, 2.45) is 0 Å². The minimum atomic E-state index is 0.141. The van der Waals surface area contributed by atoms with Crippen LogP contribution < -0.4 is 4.90 Å². The highest BCUT2D eigenvalue weighted by atomic mass is 16.2. The van der Waals surface area contributed by atoms with E-state index in [1.54, 1.807) is 6.20 Å². The zero-order valence-electron chi connectivity index (χ0n) is 14.8. The van der Waals surface area contributed by atoms with Crippen molar-refractivity contribution in [3.05, 3.63) is 59.3 Å². The Morgan fingerprint density at radius 1 is 1.12 bits per heavy atom. The first-order valence-corrected chi connectivity index (χ1v) is 9.28. The van der Waals surface area contributed by atoms with Crippen LogP contribution in [-0.2, 0) is 0 Å². The van der Waals surface area contributed by atoms with E-state index in [1.165, 1.54) is 17.5 Å². The van der Waals surface area contributed by atoms with Gasteiger partial charge in [0.25, 0.3) is 5.91 Å². The Kier molecular flexibility index (Phi) is 4.43. The van der Waals surface area contributed by atoms with Gasteiger partial charge in [0.2, 0.25) is 0 Å². The highest BCUT2D eigenvalue weighted by Gasteiger charge is 2.27. The maximum atomic E-state index is 13.0. The molecule has 130 valence electrons. The molecule has 25 heavy (non-hydrogen) atoms. The molecule has 4 rings (SSSR count). The maximum Gasteiger partial charge on any atom is 0.254 e. The largest absolute Gasteiger partial charge is 0.356 e. The molecule has 0 bridgehead atoms. The number of rotatable bonds is 3. The molecule has 0 saturated carbocycles. The van der Waals surface area contributed by atoms with E-state index in [4.69, 9.17) is 0 Å². The summed E-state index contributed by atoms with van der Waals surface area (Å²) in [5, 5.41) is 0. The quantitative estimate of drug-likeness (QED) is 0.859. The summed E-state index contributed by atoms with van der Waals surface area (Å²) in [5.41, 5.74) is 3.48. The van der Waals surface area contributed by atoms with Crippen LogP contribution in [0.25, 0.3) is 0 Å². The number of amides is 1. The molecule has 2 aromatic rings. The predicted molar refractivity (Wildman–Crippen MR) is 100 cm³/mol. The van der Waals surface area contributed by atoms with E-state index < -0.39 is 0 Å². The van der Waals surface area contributed by atoms with E-state index in [0.717, 1.165) is 50.4 Å². The minimum absolute atomic E-state index is 0.141. The molecule has 4 heteroatoms. The van der Waals surface area contributed by atoms with Gasteiger partial charge >= 0.3 is 0 Å². The molecule has 4 nitrogen and oxygen atoms in total. The first-order chi connectivity index (χ1) is 12.2. The summed E-state index contributed by atoms with van der Waals surface area (Å²) in [6.45, 7) is 5.92. The number of benzene rings is 1. The number of nitrogens with zero attached hydrogens (tertiary/aromatic N) is 3. The van der Waals surface area contributed by atoms with Crippen molar-refractivity contribution in [1.29, 1.82) is 0 Å². The van der Waals surface area contributed by atoms with E-state index in [0.29, 0.717) is 5.92 Å². The number of carbonyl (C=O) groups is 1. The van der Waals surface area contributed by atoms with Gasteiger partial charge in [0.15, 0.2) is 0 Å². The van der Waals surface area contributed by atoms with Crippen molar-refractivity contribution >= 4 is 11.7 Å². The number of carbonyl (C=O) groups excluding carboxylic acids is 1. The van der Waals surface area contributed by atoms with Crippen molar-refractivity contribution in [2.45, 2.75) is 32.1 Å². The standard InChI is InChI=1S/C21H25N3O/c1-16-6-2-3-8-19(16)18-7-4-11-24(15-18)21(25)17-9-10-22-20(14-17)23-12-5-13-23/h2-3,6,8-10,14,18H,4-5,7,11-13,15H2,1H3/t18-/m1/s1. The summed E-state index contributed by atoms with van der Waals surface area (Å²) < 4.78 is 0. The number of piperidine rings is 1. The Balaban J connectivity index is 1.51. The number of aryl methyl sites for hydroxylation is 1. The summed E-state index contributed by atoms with van der Waals surface area (Å²) in [4.78, 5) is 21.7. The Morgan fingerprint density at radius 2 is 1.96 bits per heavy atom. The fraction of sp³-hybridized carbons (Fsp3) is 0.429. The summed E-state index contributed by atoms with van der Waals surface area (Å²) in [6.07, 6.45) is 5.20. The molecule has 1 atom stereocenters. The lowest BCUT2D eigenvalue weighted by atomic mass is 9.88. The van der Waals surface area contributed by atoms with Gasteiger partial charge in [0.05, 0.1) is 0 Å². The molecular weight excluding hydrogens is 310 g/mol. The second kappa shape index (κ2) is 6.87. The van der Waals surface area contributed by atoms with Crippen LogP contribution in [0.5, 0.6) is 0 Å². The first-order valence-electron chi connectivity index (χ1n) is 9.28. The van der Waals surface area contributed by atoms with E-state index >= 15 is 0 Å². The first kappa shape index (κ1) is 16.1. The van der Waals surface area contributed by atoms with Gasteiger partial charge in [-0.25, -0.2) is 4.98 Å². The SMILES string of the molecule is Cc1ccccc1[C@@H]1CCCN(C(=O)c2ccnc(N3CCC3)c2)C1. The average molecular weight is 335 g/mol. The number of hydrogen-bond donors (Lipinski definition) is 0. The number of anilines is 1. The Labute approximate surface area is 149 Å². The van der Waals surface area contributed by atoms with Crippen LogP contribution in [0, 0.1) is 6.92 Å². The van der Waals surface area contributed by atoms with Gasteiger partial charge in [-0.2, -0.15) is 0 Å². The van der Waals surface area contributed by atoms with Crippen molar-refractivity contribution < 1.29 is 4.79 Å². The van der Waals surface area contributed by atoms with E-state index in [2.05, 4.69) is 41.1 Å². The molecule has 1 amide bonds. The van der Waals surface area contributed by atoms with Gasteiger partial charge in [-0.05, 0) is 49.4 Å². The predicted octanol–water partition coefficient (Wildman–Crippen LogP) is 3.62. The van der Waals surface area contributed by atoms with Crippen LogP contribution in [0.1, 0.15) is 46.7 Å². The summed E-state index contributed by atoms with van der Waals surface area (Å²) in [7, 11) is 0. The molecule has 2 saturated heterocycles. The lowest BCUT2D eigenvalue weighted by Gasteiger charge is -2.34. The van der Waals surface area contributed by atoms with E-state index in [9.17, 15) is 4.79 Å². The molecule has 2 fully saturated rings. The van der Waals surface area contributed by atoms with E-state index in [-0.39, 0.29) is 5.91 Å². The fourth-order valence-electron chi connectivity index (χ4n) is 3.91. The maximum absolute atomic E-state index is 13.0. The number of hydrogen-bond acceptors (Lipinski definition) is 3. The van der Waals surface area contributed by atoms with Gasteiger partial charge in [0, 0.05) is 43.9 Å². The van der Waals surface area contributed by atoms with Gasteiger partial charge in [0.1, 0.15) is 5.82 Å². The summed E-state index contributed by atoms with van der Waals surface area (Å²) >= 11 is 0. The third-order valence-electron chi connectivity index (χ3n) is 5.51.